The second-order valence-electron chi connectivity index (χ2n) is 7.48. The number of nitrogens with zero attached hydrogens (tertiary/aromatic N) is 3. The Morgan fingerprint density at radius 1 is 1.10 bits per heavy atom. The molecule has 3 rings (SSSR count). The Hall–Kier alpha value is -2.03. The second kappa shape index (κ2) is 12.6. The van der Waals surface area contributed by atoms with Crippen LogP contribution >= 0.6 is 24.0 Å². The SMILES string of the molecule is CN=C(NCCc1ccc(C)c(OC)c1)NCc1ccnc(N2CCCCC2)c1.I. The van der Waals surface area contributed by atoms with E-state index in [0.29, 0.717) is 0 Å². The molecular formula is C23H34IN5O. The van der Waals surface area contributed by atoms with Crippen LogP contribution in [0, 0.1) is 6.92 Å². The largest absolute Gasteiger partial charge is 0.496 e. The normalized spacial score (nSPS) is 14.1. The van der Waals surface area contributed by atoms with Gasteiger partial charge in [-0.15, -0.1) is 24.0 Å². The first-order valence-corrected chi connectivity index (χ1v) is 10.5. The number of benzene rings is 1. The maximum Gasteiger partial charge on any atom is 0.191 e. The summed E-state index contributed by atoms with van der Waals surface area (Å²) in [4.78, 5) is 11.3. The molecule has 0 bridgehead atoms. The Morgan fingerprint density at radius 3 is 2.63 bits per heavy atom. The number of aliphatic imine (C=N–C) groups is 1. The van der Waals surface area contributed by atoms with Gasteiger partial charge >= 0.3 is 0 Å². The van der Waals surface area contributed by atoms with Gasteiger partial charge in [-0.2, -0.15) is 0 Å². The molecular weight excluding hydrogens is 489 g/mol. The number of rotatable bonds is 7. The van der Waals surface area contributed by atoms with E-state index < -0.39 is 0 Å². The smallest absolute Gasteiger partial charge is 0.191 e. The predicted octanol–water partition coefficient (Wildman–Crippen LogP) is 3.91. The number of aryl methyl sites for hydroxylation is 1. The van der Waals surface area contributed by atoms with Crippen LogP contribution in [-0.4, -0.2) is 44.7 Å². The van der Waals surface area contributed by atoms with Crippen molar-refractivity contribution in [3.05, 3.63) is 53.2 Å². The van der Waals surface area contributed by atoms with Crippen molar-refractivity contribution in [2.45, 2.75) is 39.2 Å². The number of hydrogen-bond acceptors (Lipinski definition) is 4. The summed E-state index contributed by atoms with van der Waals surface area (Å²) in [6, 6.07) is 10.6. The van der Waals surface area contributed by atoms with E-state index in [1.807, 2.05) is 6.20 Å². The first-order chi connectivity index (χ1) is 14.2. The molecule has 0 aliphatic carbocycles. The maximum absolute atomic E-state index is 5.41. The molecule has 1 aromatic carbocycles. The van der Waals surface area contributed by atoms with Crippen LogP contribution in [0.3, 0.4) is 0 Å². The summed E-state index contributed by atoms with van der Waals surface area (Å²) in [6.45, 7) is 5.80. The third kappa shape index (κ3) is 7.04. The minimum Gasteiger partial charge on any atom is -0.496 e. The Labute approximate surface area is 197 Å². The van der Waals surface area contributed by atoms with Gasteiger partial charge in [0.1, 0.15) is 11.6 Å². The van der Waals surface area contributed by atoms with Crippen LogP contribution in [-0.2, 0) is 13.0 Å². The maximum atomic E-state index is 5.41. The van der Waals surface area contributed by atoms with Crippen molar-refractivity contribution in [2.75, 3.05) is 38.7 Å². The van der Waals surface area contributed by atoms with E-state index in [1.54, 1.807) is 14.2 Å². The number of piperidine rings is 1. The lowest BCUT2D eigenvalue weighted by molar-refractivity contribution is 0.411. The molecule has 164 valence electrons. The molecule has 30 heavy (non-hydrogen) atoms. The number of guanidine groups is 1. The number of anilines is 1. The highest BCUT2D eigenvalue weighted by Gasteiger charge is 2.12. The zero-order valence-electron chi connectivity index (χ0n) is 18.3. The highest BCUT2D eigenvalue weighted by molar-refractivity contribution is 14.0. The molecule has 2 N–H and O–H groups in total. The van der Waals surface area contributed by atoms with Gasteiger partial charge in [-0.3, -0.25) is 4.99 Å². The summed E-state index contributed by atoms with van der Waals surface area (Å²) in [5.74, 6) is 2.83. The van der Waals surface area contributed by atoms with Gasteiger partial charge < -0.3 is 20.3 Å². The summed E-state index contributed by atoms with van der Waals surface area (Å²) < 4.78 is 5.41. The van der Waals surface area contributed by atoms with E-state index in [1.165, 1.54) is 30.4 Å². The van der Waals surface area contributed by atoms with Crippen molar-refractivity contribution in [1.29, 1.82) is 0 Å². The van der Waals surface area contributed by atoms with Gasteiger partial charge in [0.15, 0.2) is 5.96 Å². The average molecular weight is 523 g/mol. The van der Waals surface area contributed by atoms with Crippen LogP contribution in [0.4, 0.5) is 5.82 Å². The Morgan fingerprint density at radius 2 is 1.90 bits per heavy atom. The van der Waals surface area contributed by atoms with Gasteiger partial charge in [0, 0.05) is 39.4 Å². The molecule has 6 nitrogen and oxygen atoms in total. The van der Waals surface area contributed by atoms with Crippen molar-refractivity contribution < 1.29 is 4.74 Å². The summed E-state index contributed by atoms with van der Waals surface area (Å²) in [5, 5.41) is 6.79. The van der Waals surface area contributed by atoms with E-state index >= 15 is 0 Å². The third-order valence-corrected chi connectivity index (χ3v) is 5.35. The molecule has 0 unspecified atom stereocenters. The van der Waals surface area contributed by atoms with E-state index in [2.05, 4.69) is 62.8 Å². The molecule has 0 radical (unpaired) electrons. The topological polar surface area (TPSA) is 61.8 Å². The zero-order valence-corrected chi connectivity index (χ0v) is 20.6. The Balaban J connectivity index is 0.00000320. The van der Waals surface area contributed by atoms with Crippen molar-refractivity contribution >= 4 is 35.8 Å². The van der Waals surface area contributed by atoms with Crippen LogP contribution in [0.2, 0.25) is 0 Å². The minimum atomic E-state index is 0. The molecule has 1 saturated heterocycles. The molecule has 0 spiro atoms. The van der Waals surface area contributed by atoms with Gasteiger partial charge in [0.05, 0.1) is 7.11 Å². The van der Waals surface area contributed by atoms with Crippen molar-refractivity contribution in [2.24, 2.45) is 4.99 Å². The molecule has 0 saturated carbocycles. The fraction of sp³-hybridized carbons (Fsp3) is 0.478. The minimum absolute atomic E-state index is 0. The average Bonchev–Trinajstić information content (AvgIpc) is 2.78. The van der Waals surface area contributed by atoms with Crippen LogP contribution < -0.4 is 20.3 Å². The second-order valence-corrected chi connectivity index (χ2v) is 7.48. The fourth-order valence-corrected chi connectivity index (χ4v) is 3.62. The third-order valence-electron chi connectivity index (χ3n) is 5.35. The first-order valence-electron chi connectivity index (χ1n) is 10.5. The van der Waals surface area contributed by atoms with E-state index in [9.17, 15) is 0 Å². The lowest BCUT2D eigenvalue weighted by Crippen LogP contribution is -2.38. The summed E-state index contributed by atoms with van der Waals surface area (Å²) in [6.07, 6.45) is 6.66. The molecule has 2 aromatic rings. The van der Waals surface area contributed by atoms with Crippen molar-refractivity contribution in [1.82, 2.24) is 15.6 Å². The van der Waals surface area contributed by atoms with Crippen molar-refractivity contribution in [3.8, 4) is 5.75 Å². The van der Waals surface area contributed by atoms with Crippen LogP contribution in [0.25, 0.3) is 0 Å². The first kappa shape index (κ1) is 24.2. The zero-order chi connectivity index (χ0) is 20.5. The Kier molecular flexibility index (Phi) is 10.2. The van der Waals surface area contributed by atoms with Crippen LogP contribution in [0.1, 0.15) is 36.0 Å². The predicted molar refractivity (Wildman–Crippen MR) is 135 cm³/mol. The quantitative estimate of drug-likeness (QED) is 0.328. The number of pyridine rings is 1. The van der Waals surface area contributed by atoms with Gasteiger partial charge in [0.25, 0.3) is 0 Å². The van der Waals surface area contributed by atoms with Gasteiger partial charge in [0.2, 0.25) is 0 Å². The van der Waals surface area contributed by atoms with Gasteiger partial charge in [-0.1, -0.05) is 12.1 Å². The van der Waals surface area contributed by atoms with E-state index in [-0.39, 0.29) is 24.0 Å². The molecule has 7 heteroatoms. The van der Waals surface area contributed by atoms with Crippen molar-refractivity contribution in [3.63, 3.8) is 0 Å². The molecule has 1 fully saturated rings. The standard InChI is InChI=1S/C23H33N5O.HI/c1-18-7-8-19(15-21(18)29-3)9-12-26-23(24-2)27-17-20-10-11-25-22(16-20)28-13-5-4-6-14-28;/h7-8,10-11,15-16H,4-6,9,12-14,17H2,1-3H3,(H2,24,26,27);1H. The number of methoxy groups -OCH3 is 1. The van der Waals surface area contributed by atoms with Crippen LogP contribution in [0.5, 0.6) is 5.75 Å². The lowest BCUT2D eigenvalue weighted by Gasteiger charge is -2.28. The molecule has 0 atom stereocenters. The molecule has 1 aliphatic rings. The summed E-state index contributed by atoms with van der Waals surface area (Å²) >= 11 is 0. The number of aromatic nitrogens is 1. The Bertz CT molecular complexity index is 821. The number of halogens is 1. The lowest BCUT2D eigenvalue weighted by atomic mass is 10.1. The number of nitrogens with one attached hydrogen (secondary N) is 2. The fourth-order valence-electron chi connectivity index (χ4n) is 3.62. The monoisotopic (exact) mass is 523 g/mol. The van der Waals surface area contributed by atoms with E-state index in [4.69, 9.17) is 4.74 Å². The van der Waals surface area contributed by atoms with Gasteiger partial charge in [-0.25, -0.2) is 4.98 Å². The molecule has 0 amide bonds. The molecule has 1 aliphatic heterocycles. The van der Waals surface area contributed by atoms with Crippen LogP contribution in [0.15, 0.2) is 41.5 Å². The molecule has 2 heterocycles. The number of ether oxygens (including phenoxy) is 1. The van der Waals surface area contributed by atoms with Gasteiger partial charge in [-0.05, 0) is 67.5 Å². The highest BCUT2D eigenvalue weighted by Crippen LogP contribution is 2.19. The number of hydrogen-bond donors (Lipinski definition) is 2. The summed E-state index contributed by atoms with van der Waals surface area (Å²) in [5.41, 5.74) is 3.62. The molecule has 1 aromatic heterocycles. The highest BCUT2D eigenvalue weighted by atomic mass is 127. The summed E-state index contributed by atoms with van der Waals surface area (Å²) in [7, 11) is 3.52. The van der Waals surface area contributed by atoms with E-state index in [0.717, 1.165) is 55.7 Å².